The molecule has 0 bridgehead atoms. The molecule has 0 atom stereocenters. The van der Waals surface area contributed by atoms with Gasteiger partial charge >= 0.3 is 12.1 Å². The first-order chi connectivity index (χ1) is 12.2. The maximum Gasteiger partial charge on any atom is 0.410 e. The molecule has 26 heavy (non-hydrogen) atoms. The molecule has 1 saturated heterocycles. The third-order valence-corrected chi connectivity index (χ3v) is 4.60. The molecule has 1 aromatic carbocycles. The molecule has 7 heteroatoms. The van der Waals surface area contributed by atoms with E-state index in [1.54, 1.807) is 28.9 Å². The van der Waals surface area contributed by atoms with Crippen LogP contribution < -0.4 is 9.64 Å². The molecule has 0 saturated carbocycles. The van der Waals surface area contributed by atoms with Crippen molar-refractivity contribution in [1.82, 2.24) is 9.80 Å². The third-order valence-electron chi connectivity index (χ3n) is 4.60. The van der Waals surface area contributed by atoms with Crippen molar-refractivity contribution in [3.05, 3.63) is 23.3 Å². The van der Waals surface area contributed by atoms with Crippen LogP contribution in [0.3, 0.4) is 0 Å². The molecular formula is C19H27N3O4. The zero-order valence-electron chi connectivity index (χ0n) is 16.2. The first-order valence-corrected chi connectivity index (χ1v) is 8.90. The van der Waals surface area contributed by atoms with Gasteiger partial charge in [0.05, 0.1) is 12.8 Å². The van der Waals surface area contributed by atoms with Crippen LogP contribution in [0.4, 0.5) is 15.3 Å². The van der Waals surface area contributed by atoms with E-state index in [1.165, 1.54) is 0 Å². The monoisotopic (exact) mass is 361 g/mol. The minimum absolute atomic E-state index is 0.0310. The second kappa shape index (κ2) is 6.70. The highest BCUT2D eigenvalue weighted by atomic mass is 16.6. The van der Waals surface area contributed by atoms with Gasteiger partial charge in [-0.3, -0.25) is 9.80 Å². The Hall–Kier alpha value is -2.44. The first-order valence-electron chi connectivity index (χ1n) is 8.90. The SMILES string of the molecule is COc1cc2c(cc1N1CCCN(C)C1=O)CN(C(=O)OC(C)(C)C)C2. The lowest BCUT2D eigenvalue weighted by atomic mass is 10.1. The van der Waals surface area contributed by atoms with Gasteiger partial charge in [-0.15, -0.1) is 0 Å². The number of urea groups is 1. The van der Waals surface area contributed by atoms with Gasteiger partial charge in [0.15, 0.2) is 0 Å². The molecule has 2 aliphatic heterocycles. The molecule has 3 rings (SSSR count). The summed E-state index contributed by atoms with van der Waals surface area (Å²) in [5, 5.41) is 0. The number of anilines is 1. The fourth-order valence-electron chi connectivity index (χ4n) is 3.33. The predicted molar refractivity (Wildman–Crippen MR) is 98.5 cm³/mol. The van der Waals surface area contributed by atoms with Gasteiger partial charge in [0.25, 0.3) is 0 Å². The van der Waals surface area contributed by atoms with Crippen LogP contribution in [0.15, 0.2) is 12.1 Å². The van der Waals surface area contributed by atoms with E-state index in [9.17, 15) is 9.59 Å². The number of benzene rings is 1. The summed E-state index contributed by atoms with van der Waals surface area (Å²) < 4.78 is 11.0. The summed E-state index contributed by atoms with van der Waals surface area (Å²) in [6.45, 7) is 7.94. The number of rotatable bonds is 2. The standard InChI is InChI=1S/C19H27N3O4/c1-19(2,3)26-18(24)21-11-13-9-15(16(25-5)10-14(13)12-21)22-8-6-7-20(4)17(22)23/h9-10H,6-8,11-12H2,1-5H3. The highest BCUT2D eigenvalue weighted by Gasteiger charge is 2.32. The van der Waals surface area contributed by atoms with Crippen LogP contribution in [0.1, 0.15) is 38.3 Å². The van der Waals surface area contributed by atoms with Crippen molar-refractivity contribution in [2.75, 3.05) is 32.1 Å². The lowest BCUT2D eigenvalue weighted by Gasteiger charge is -2.34. The third kappa shape index (κ3) is 3.57. The van der Waals surface area contributed by atoms with Gasteiger partial charge in [-0.25, -0.2) is 9.59 Å². The lowest BCUT2D eigenvalue weighted by Crippen LogP contribution is -2.47. The Kier molecular flexibility index (Phi) is 4.73. The van der Waals surface area contributed by atoms with Gasteiger partial charge in [-0.05, 0) is 50.5 Å². The van der Waals surface area contributed by atoms with E-state index < -0.39 is 5.60 Å². The number of nitrogens with zero attached hydrogens (tertiary/aromatic N) is 3. The summed E-state index contributed by atoms with van der Waals surface area (Å²) in [5.74, 6) is 0.651. The number of fused-ring (bicyclic) bond motifs is 1. The molecule has 2 aliphatic rings. The molecule has 0 spiro atoms. The van der Waals surface area contributed by atoms with Gasteiger partial charge in [0, 0.05) is 33.2 Å². The zero-order chi connectivity index (χ0) is 19.1. The van der Waals surface area contributed by atoms with E-state index >= 15 is 0 Å². The Morgan fingerprint density at radius 3 is 2.38 bits per heavy atom. The van der Waals surface area contributed by atoms with Gasteiger partial charge < -0.3 is 14.4 Å². The van der Waals surface area contributed by atoms with Crippen LogP contribution in [0.5, 0.6) is 5.75 Å². The van der Waals surface area contributed by atoms with Crippen LogP contribution in [-0.2, 0) is 17.8 Å². The van der Waals surface area contributed by atoms with E-state index in [-0.39, 0.29) is 12.1 Å². The molecule has 1 fully saturated rings. The Morgan fingerprint density at radius 1 is 1.12 bits per heavy atom. The van der Waals surface area contributed by atoms with Gasteiger partial charge in [0.2, 0.25) is 0 Å². The Labute approximate surface area is 154 Å². The zero-order valence-corrected chi connectivity index (χ0v) is 16.2. The molecule has 7 nitrogen and oxygen atoms in total. The quantitative estimate of drug-likeness (QED) is 0.811. The number of ether oxygens (including phenoxy) is 2. The van der Waals surface area contributed by atoms with Gasteiger partial charge in [-0.2, -0.15) is 0 Å². The lowest BCUT2D eigenvalue weighted by molar-refractivity contribution is 0.0241. The minimum atomic E-state index is -0.528. The molecule has 0 aliphatic carbocycles. The topological polar surface area (TPSA) is 62.3 Å². The summed E-state index contributed by atoms with van der Waals surface area (Å²) in [6, 6.07) is 3.86. The minimum Gasteiger partial charge on any atom is -0.495 e. The van der Waals surface area contributed by atoms with Crippen molar-refractivity contribution >= 4 is 17.8 Å². The molecular weight excluding hydrogens is 334 g/mol. The normalized spacial score (nSPS) is 17.4. The summed E-state index contributed by atoms with van der Waals surface area (Å²) in [5.41, 5.74) is 2.27. The highest BCUT2D eigenvalue weighted by molar-refractivity contribution is 5.94. The number of carbonyl (C=O) groups excluding carboxylic acids is 2. The molecule has 2 heterocycles. The predicted octanol–water partition coefficient (Wildman–Crippen LogP) is 3.21. The molecule has 1 aromatic rings. The Bertz CT molecular complexity index is 726. The van der Waals surface area contributed by atoms with Crippen LogP contribution >= 0.6 is 0 Å². The highest BCUT2D eigenvalue weighted by Crippen LogP contribution is 2.37. The van der Waals surface area contributed by atoms with Crippen molar-refractivity contribution in [2.24, 2.45) is 0 Å². The van der Waals surface area contributed by atoms with Crippen molar-refractivity contribution in [3.8, 4) is 5.75 Å². The Balaban J connectivity index is 1.86. The summed E-state index contributed by atoms with van der Waals surface area (Å²) in [4.78, 5) is 30.0. The molecule has 0 radical (unpaired) electrons. The average molecular weight is 361 g/mol. The number of hydrogen-bond acceptors (Lipinski definition) is 4. The second-order valence-electron chi connectivity index (χ2n) is 7.84. The van der Waals surface area contributed by atoms with Crippen LogP contribution in [-0.4, -0.2) is 54.8 Å². The van der Waals surface area contributed by atoms with E-state index in [1.807, 2.05) is 32.9 Å². The fraction of sp³-hybridized carbons (Fsp3) is 0.579. The van der Waals surface area contributed by atoms with E-state index in [0.717, 1.165) is 29.8 Å². The smallest absolute Gasteiger partial charge is 0.410 e. The largest absolute Gasteiger partial charge is 0.495 e. The van der Waals surface area contributed by atoms with Crippen molar-refractivity contribution in [1.29, 1.82) is 0 Å². The van der Waals surface area contributed by atoms with Gasteiger partial charge in [0.1, 0.15) is 11.4 Å². The molecule has 142 valence electrons. The van der Waals surface area contributed by atoms with Gasteiger partial charge in [-0.1, -0.05) is 0 Å². The number of amides is 3. The summed E-state index contributed by atoms with van der Waals surface area (Å²) in [6.07, 6.45) is 0.579. The van der Waals surface area contributed by atoms with Crippen LogP contribution in [0, 0.1) is 0 Å². The fourth-order valence-corrected chi connectivity index (χ4v) is 3.33. The summed E-state index contributed by atoms with van der Waals surface area (Å²) in [7, 11) is 3.41. The van der Waals surface area contributed by atoms with E-state index in [4.69, 9.17) is 9.47 Å². The molecule has 0 aromatic heterocycles. The number of methoxy groups -OCH3 is 1. The second-order valence-corrected chi connectivity index (χ2v) is 7.84. The van der Waals surface area contributed by atoms with E-state index in [0.29, 0.717) is 25.4 Å². The number of carbonyl (C=O) groups is 2. The van der Waals surface area contributed by atoms with Crippen molar-refractivity contribution in [3.63, 3.8) is 0 Å². The first kappa shape index (κ1) is 18.4. The average Bonchev–Trinajstić information content (AvgIpc) is 2.98. The molecule has 0 N–H and O–H groups in total. The molecule has 0 unspecified atom stereocenters. The van der Waals surface area contributed by atoms with Crippen molar-refractivity contribution in [2.45, 2.75) is 45.9 Å². The maximum absolute atomic E-state index is 12.5. The summed E-state index contributed by atoms with van der Waals surface area (Å²) >= 11 is 0. The van der Waals surface area contributed by atoms with Crippen molar-refractivity contribution < 1.29 is 19.1 Å². The van der Waals surface area contributed by atoms with E-state index in [2.05, 4.69) is 0 Å². The number of hydrogen-bond donors (Lipinski definition) is 0. The molecule has 3 amide bonds. The van der Waals surface area contributed by atoms with Crippen LogP contribution in [0.2, 0.25) is 0 Å². The maximum atomic E-state index is 12.5. The van der Waals surface area contributed by atoms with Crippen LogP contribution in [0.25, 0.3) is 0 Å². The Morgan fingerprint density at radius 2 is 1.77 bits per heavy atom.